The summed E-state index contributed by atoms with van der Waals surface area (Å²) in [7, 11) is 0. The van der Waals surface area contributed by atoms with E-state index in [0.717, 1.165) is 44.3 Å². The molecule has 6 heteroatoms. The lowest BCUT2D eigenvalue weighted by atomic mass is 9.87. The normalized spacial score (nSPS) is 19.4. The van der Waals surface area contributed by atoms with Crippen molar-refractivity contribution in [1.82, 2.24) is 15.5 Å². The van der Waals surface area contributed by atoms with Gasteiger partial charge in [-0.15, -0.1) is 5.10 Å². The standard InChI is InChI=1S/C22H30N4O2/c27-19(16-17-10-4-1-5-11-17)23-20(18-12-6-2-7-13-18)21-24-25-22(28-21)26-14-8-3-9-15-26/h2,6-7,12-13,17,20H,1,3-5,8-11,14-16H2,(H,23,27)/t20-/m0/s1. The van der Waals surface area contributed by atoms with Gasteiger partial charge in [-0.3, -0.25) is 4.79 Å². The monoisotopic (exact) mass is 382 g/mol. The average Bonchev–Trinajstić information content (AvgIpc) is 3.24. The van der Waals surface area contributed by atoms with Crippen molar-refractivity contribution in [3.8, 4) is 0 Å². The fourth-order valence-corrected chi connectivity index (χ4v) is 4.36. The van der Waals surface area contributed by atoms with Gasteiger partial charge in [0.05, 0.1) is 0 Å². The molecule has 0 spiro atoms. The smallest absolute Gasteiger partial charge is 0.318 e. The van der Waals surface area contributed by atoms with Crippen molar-refractivity contribution >= 4 is 11.9 Å². The topological polar surface area (TPSA) is 71.3 Å². The molecule has 1 aliphatic heterocycles. The van der Waals surface area contributed by atoms with Crippen LogP contribution in [0, 0.1) is 5.92 Å². The maximum absolute atomic E-state index is 12.8. The number of nitrogens with one attached hydrogen (secondary N) is 1. The summed E-state index contributed by atoms with van der Waals surface area (Å²) in [5.74, 6) is 1.03. The molecule has 0 radical (unpaired) electrons. The number of aromatic nitrogens is 2. The average molecular weight is 383 g/mol. The quantitative estimate of drug-likeness (QED) is 0.809. The molecule has 1 aromatic heterocycles. The van der Waals surface area contributed by atoms with Gasteiger partial charge >= 0.3 is 6.01 Å². The summed E-state index contributed by atoms with van der Waals surface area (Å²) < 4.78 is 6.02. The summed E-state index contributed by atoms with van der Waals surface area (Å²) in [6, 6.07) is 10.1. The maximum atomic E-state index is 12.8. The number of amides is 1. The van der Waals surface area contributed by atoms with Crippen LogP contribution in [0.5, 0.6) is 0 Å². The highest BCUT2D eigenvalue weighted by atomic mass is 16.4. The number of carbonyl (C=O) groups is 1. The Hall–Kier alpha value is -2.37. The van der Waals surface area contributed by atoms with Crippen LogP contribution in [0.4, 0.5) is 6.01 Å². The molecule has 2 heterocycles. The molecular weight excluding hydrogens is 352 g/mol. The number of hydrogen-bond donors (Lipinski definition) is 1. The molecule has 28 heavy (non-hydrogen) atoms. The number of rotatable bonds is 6. The van der Waals surface area contributed by atoms with Crippen LogP contribution in [0.25, 0.3) is 0 Å². The first-order valence-electron chi connectivity index (χ1n) is 10.7. The van der Waals surface area contributed by atoms with E-state index in [0.29, 0.717) is 24.2 Å². The summed E-state index contributed by atoms with van der Waals surface area (Å²) in [4.78, 5) is 14.9. The van der Waals surface area contributed by atoms with E-state index in [1.54, 1.807) is 0 Å². The van der Waals surface area contributed by atoms with Gasteiger partial charge in [0.2, 0.25) is 11.8 Å². The SMILES string of the molecule is O=C(CC1CCCCC1)N[C@@H](c1ccccc1)c1nnc(N2CCCCC2)o1. The van der Waals surface area contributed by atoms with Crippen LogP contribution in [0.2, 0.25) is 0 Å². The van der Waals surface area contributed by atoms with Crippen LogP contribution in [0.1, 0.15) is 75.3 Å². The highest BCUT2D eigenvalue weighted by Crippen LogP contribution is 2.28. The molecule has 1 saturated heterocycles. The minimum Gasteiger partial charge on any atom is -0.405 e. The third kappa shape index (κ3) is 4.72. The number of hydrogen-bond acceptors (Lipinski definition) is 5. The second-order valence-corrected chi connectivity index (χ2v) is 8.09. The molecule has 1 N–H and O–H groups in total. The van der Waals surface area contributed by atoms with Crippen LogP contribution in [-0.4, -0.2) is 29.2 Å². The fraction of sp³-hybridized carbons (Fsp3) is 0.591. The Morgan fingerprint density at radius 2 is 1.75 bits per heavy atom. The first-order valence-corrected chi connectivity index (χ1v) is 10.7. The van der Waals surface area contributed by atoms with Gasteiger partial charge in [-0.25, -0.2) is 0 Å². The summed E-state index contributed by atoms with van der Waals surface area (Å²) in [6.07, 6.45) is 10.2. The van der Waals surface area contributed by atoms with E-state index in [1.807, 2.05) is 30.3 Å². The van der Waals surface area contributed by atoms with Crippen LogP contribution < -0.4 is 10.2 Å². The van der Waals surface area contributed by atoms with Gasteiger partial charge in [0.1, 0.15) is 6.04 Å². The van der Waals surface area contributed by atoms with Gasteiger partial charge in [-0.1, -0.05) is 54.7 Å². The van der Waals surface area contributed by atoms with E-state index in [-0.39, 0.29) is 5.91 Å². The van der Waals surface area contributed by atoms with Gasteiger partial charge in [-0.2, -0.15) is 0 Å². The highest BCUT2D eigenvalue weighted by Gasteiger charge is 2.26. The molecular formula is C22H30N4O2. The molecule has 2 aromatic rings. The van der Waals surface area contributed by atoms with Crippen molar-refractivity contribution in [3.63, 3.8) is 0 Å². The molecule has 1 amide bonds. The second kappa shape index (κ2) is 9.22. The summed E-state index contributed by atoms with van der Waals surface area (Å²) in [6.45, 7) is 1.90. The lowest BCUT2D eigenvalue weighted by Gasteiger charge is -2.24. The first kappa shape index (κ1) is 19.0. The molecule has 1 atom stereocenters. The lowest BCUT2D eigenvalue weighted by molar-refractivity contribution is -0.122. The van der Waals surface area contributed by atoms with Gasteiger partial charge in [-0.05, 0) is 43.6 Å². The predicted molar refractivity (Wildman–Crippen MR) is 108 cm³/mol. The van der Waals surface area contributed by atoms with E-state index < -0.39 is 6.04 Å². The third-order valence-corrected chi connectivity index (χ3v) is 5.94. The summed E-state index contributed by atoms with van der Waals surface area (Å²) in [5, 5.41) is 11.7. The fourth-order valence-electron chi connectivity index (χ4n) is 4.36. The predicted octanol–water partition coefficient (Wildman–Crippen LogP) is 4.24. The molecule has 0 bridgehead atoms. The molecule has 2 aliphatic rings. The molecule has 2 fully saturated rings. The Morgan fingerprint density at radius 1 is 1.04 bits per heavy atom. The van der Waals surface area contributed by atoms with Crippen molar-refractivity contribution in [2.45, 2.75) is 63.8 Å². The number of benzene rings is 1. The molecule has 150 valence electrons. The molecule has 6 nitrogen and oxygen atoms in total. The number of piperidine rings is 1. The summed E-state index contributed by atoms with van der Waals surface area (Å²) in [5.41, 5.74) is 0.966. The largest absolute Gasteiger partial charge is 0.405 e. The molecule has 1 saturated carbocycles. The van der Waals surface area contributed by atoms with Crippen LogP contribution in [0.15, 0.2) is 34.7 Å². The number of carbonyl (C=O) groups excluding carboxylic acids is 1. The van der Waals surface area contributed by atoms with Crippen molar-refractivity contribution in [2.75, 3.05) is 18.0 Å². The van der Waals surface area contributed by atoms with Gasteiger partial charge < -0.3 is 14.6 Å². The Bertz CT molecular complexity index is 749. The van der Waals surface area contributed by atoms with Crippen molar-refractivity contribution in [3.05, 3.63) is 41.8 Å². The number of anilines is 1. The minimum absolute atomic E-state index is 0.0680. The number of nitrogens with zero attached hydrogens (tertiary/aromatic N) is 3. The minimum atomic E-state index is -0.400. The second-order valence-electron chi connectivity index (χ2n) is 8.09. The first-order chi connectivity index (χ1) is 13.8. The van der Waals surface area contributed by atoms with Gasteiger partial charge in [0.25, 0.3) is 0 Å². The zero-order chi connectivity index (χ0) is 19.2. The Morgan fingerprint density at radius 3 is 2.50 bits per heavy atom. The van der Waals surface area contributed by atoms with Crippen LogP contribution >= 0.6 is 0 Å². The highest BCUT2D eigenvalue weighted by molar-refractivity contribution is 5.77. The van der Waals surface area contributed by atoms with E-state index in [4.69, 9.17) is 4.42 Å². The van der Waals surface area contributed by atoms with Gasteiger partial charge in [0, 0.05) is 19.5 Å². The van der Waals surface area contributed by atoms with E-state index in [9.17, 15) is 4.79 Å². The van der Waals surface area contributed by atoms with E-state index >= 15 is 0 Å². The van der Waals surface area contributed by atoms with Crippen molar-refractivity contribution in [1.29, 1.82) is 0 Å². The van der Waals surface area contributed by atoms with Crippen LogP contribution in [0.3, 0.4) is 0 Å². The Kier molecular flexibility index (Phi) is 6.24. The van der Waals surface area contributed by atoms with Crippen molar-refractivity contribution < 1.29 is 9.21 Å². The zero-order valence-electron chi connectivity index (χ0n) is 16.5. The van der Waals surface area contributed by atoms with E-state index in [2.05, 4.69) is 20.4 Å². The lowest BCUT2D eigenvalue weighted by Crippen LogP contribution is -2.31. The van der Waals surface area contributed by atoms with Crippen LogP contribution in [-0.2, 0) is 4.79 Å². The molecule has 4 rings (SSSR count). The zero-order valence-corrected chi connectivity index (χ0v) is 16.5. The maximum Gasteiger partial charge on any atom is 0.318 e. The van der Waals surface area contributed by atoms with Gasteiger partial charge in [0.15, 0.2) is 0 Å². The van der Waals surface area contributed by atoms with Crippen molar-refractivity contribution in [2.24, 2.45) is 5.92 Å². The molecule has 1 aromatic carbocycles. The Balaban J connectivity index is 1.49. The third-order valence-electron chi connectivity index (χ3n) is 5.94. The molecule has 0 unspecified atom stereocenters. The van der Waals surface area contributed by atoms with E-state index in [1.165, 1.54) is 25.7 Å². The molecule has 1 aliphatic carbocycles. The Labute approximate surface area is 166 Å². The summed E-state index contributed by atoms with van der Waals surface area (Å²) >= 11 is 0.